The van der Waals surface area contributed by atoms with E-state index in [9.17, 15) is 4.79 Å². The number of nitrogens with zero attached hydrogens (tertiary/aromatic N) is 2. The molecule has 0 bridgehead atoms. The second kappa shape index (κ2) is 4.98. The molecule has 5 nitrogen and oxygen atoms in total. The summed E-state index contributed by atoms with van der Waals surface area (Å²) in [7, 11) is 0. The molecule has 0 aliphatic carbocycles. The fourth-order valence-corrected chi connectivity index (χ4v) is 1.55. The standard InChI is InChI=1S/C10H10BrN3O2/c11-9-3-2-8(16-9)10(15)12-5-7-14-6-1-4-13-14/h1-4,6H,5,7H2,(H,12,15). The van der Waals surface area contributed by atoms with Crippen molar-refractivity contribution in [2.24, 2.45) is 0 Å². The van der Waals surface area contributed by atoms with E-state index in [-0.39, 0.29) is 5.91 Å². The molecule has 2 heterocycles. The average molecular weight is 284 g/mol. The molecule has 6 heteroatoms. The van der Waals surface area contributed by atoms with E-state index in [2.05, 4.69) is 26.3 Å². The van der Waals surface area contributed by atoms with Crippen LogP contribution >= 0.6 is 15.9 Å². The number of furan rings is 1. The maximum Gasteiger partial charge on any atom is 0.287 e. The molecule has 1 N–H and O–H groups in total. The number of nitrogens with one attached hydrogen (secondary N) is 1. The SMILES string of the molecule is O=C(NCCn1cccn1)c1ccc(Br)o1. The third-order valence-corrected chi connectivity index (χ3v) is 2.41. The summed E-state index contributed by atoms with van der Waals surface area (Å²) in [4.78, 5) is 11.5. The number of amides is 1. The molecule has 0 aromatic carbocycles. The second-order valence-corrected chi connectivity index (χ2v) is 3.91. The van der Waals surface area contributed by atoms with E-state index in [0.29, 0.717) is 23.5 Å². The number of hydrogen-bond donors (Lipinski definition) is 1. The highest BCUT2D eigenvalue weighted by Crippen LogP contribution is 2.13. The zero-order valence-electron chi connectivity index (χ0n) is 8.39. The van der Waals surface area contributed by atoms with Crippen LogP contribution in [0, 0.1) is 0 Å². The molecular weight excluding hydrogens is 274 g/mol. The van der Waals surface area contributed by atoms with Gasteiger partial charge in [-0.3, -0.25) is 9.48 Å². The highest BCUT2D eigenvalue weighted by atomic mass is 79.9. The van der Waals surface area contributed by atoms with Gasteiger partial charge in [-0.05, 0) is 34.1 Å². The van der Waals surface area contributed by atoms with Crippen molar-refractivity contribution in [2.45, 2.75) is 6.54 Å². The molecule has 84 valence electrons. The molecule has 0 aliphatic heterocycles. The third-order valence-electron chi connectivity index (χ3n) is 1.98. The molecule has 0 unspecified atom stereocenters. The Balaban J connectivity index is 1.80. The molecule has 0 spiro atoms. The average Bonchev–Trinajstić information content (AvgIpc) is 2.89. The lowest BCUT2D eigenvalue weighted by molar-refractivity contribution is 0.0923. The van der Waals surface area contributed by atoms with Crippen molar-refractivity contribution in [1.29, 1.82) is 0 Å². The normalized spacial score (nSPS) is 10.3. The summed E-state index contributed by atoms with van der Waals surface area (Å²) in [5, 5.41) is 6.76. The summed E-state index contributed by atoms with van der Waals surface area (Å²) in [5.74, 6) is 0.0743. The van der Waals surface area contributed by atoms with Gasteiger partial charge in [0.25, 0.3) is 5.91 Å². The number of rotatable bonds is 4. The van der Waals surface area contributed by atoms with Gasteiger partial charge in [-0.2, -0.15) is 5.10 Å². The van der Waals surface area contributed by atoms with Crippen LogP contribution in [0.5, 0.6) is 0 Å². The van der Waals surface area contributed by atoms with Crippen molar-refractivity contribution in [1.82, 2.24) is 15.1 Å². The molecule has 2 rings (SSSR count). The number of aromatic nitrogens is 2. The van der Waals surface area contributed by atoms with Crippen LogP contribution in [0.15, 0.2) is 39.7 Å². The number of carbonyl (C=O) groups is 1. The minimum atomic E-state index is -0.224. The van der Waals surface area contributed by atoms with Crippen molar-refractivity contribution >= 4 is 21.8 Å². The van der Waals surface area contributed by atoms with Crippen molar-refractivity contribution in [3.05, 3.63) is 41.0 Å². The topological polar surface area (TPSA) is 60.1 Å². The molecule has 2 aromatic heterocycles. The quantitative estimate of drug-likeness (QED) is 0.929. The maximum absolute atomic E-state index is 11.5. The van der Waals surface area contributed by atoms with E-state index in [4.69, 9.17) is 4.42 Å². The van der Waals surface area contributed by atoms with Crippen LogP contribution in [0.3, 0.4) is 0 Å². The van der Waals surface area contributed by atoms with Gasteiger partial charge in [0.2, 0.25) is 0 Å². The minimum absolute atomic E-state index is 0.224. The molecule has 1 amide bonds. The first-order chi connectivity index (χ1) is 7.75. The predicted molar refractivity (Wildman–Crippen MR) is 61.0 cm³/mol. The molecule has 0 saturated carbocycles. The van der Waals surface area contributed by atoms with Crippen LogP contribution in [-0.2, 0) is 6.54 Å². The van der Waals surface area contributed by atoms with Gasteiger partial charge in [0.15, 0.2) is 10.4 Å². The van der Waals surface area contributed by atoms with Crippen molar-refractivity contribution < 1.29 is 9.21 Å². The Morgan fingerprint density at radius 2 is 2.44 bits per heavy atom. The Morgan fingerprint density at radius 3 is 3.06 bits per heavy atom. The monoisotopic (exact) mass is 283 g/mol. The molecule has 2 aromatic rings. The molecule has 0 atom stereocenters. The summed E-state index contributed by atoms with van der Waals surface area (Å²) in [6.07, 6.45) is 3.54. The lowest BCUT2D eigenvalue weighted by Gasteiger charge is -2.03. The fourth-order valence-electron chi connectivity index (χ4n) is 1.24. The van der Waals surface area contributed by atoms with Gasteiger partial charge in [0.1, 0.15) is 0 Å². The second-order valence-electron chi connectivity index (χ2n) is 3.13. The van der Waals surface area contributed by atoms with Crippen molar-refractivity contribution in [3.8, 4) is 0 Å². The Bertz CT molecular complexity index is 464. The highest BCUT2D eigenvalue weighted by molar-refractivity contribution is 9.10. The van der Waals surface area contributed by atoms with E-state index in [1.165, 1.54) is 0 Å². The minimum Gasteiger partial charge on any atom is -0.444 e. The van der Waals surface area contributed by atoms with E-state index < -0.39 is 0 Å². The van der Waals surface area contributed by atoms with Crippen molar-refractivity contribution in [2.75, 3.05) is 6.54 Å². The molecule has 0 aliphatic rings. The Morgan fingerprint density at radius 1 is 1.56 bits per heavy atom. The van der Waals surface area contributed by atoms with E-state index in [1.807, 2.05) is 12.3 Å². The summed E-state index contributed by atoms with van der Waals surface area (Å²) >= 11 is 3.14. The summed E-state index contributed by atoms with van der Waals surface area (Å²) in [6.45, 7) is 1.15. The maximum atomic E-state index is 11.5. The first-order valence-corrected chi connectivity index (χ1v) is 5.56. The van der Waals surface area contributed by atoms with Crippen LogP contribution < -0.4 is 5.32 Å². The van der Waals surface area contributed by atoms with Crippen LogP contribution in [0.2, 0.25) is 0 Å². The number of carbonyl (C=O) groups excluding carboxylic acids is 1. The largest absolute Gasteiger partial charge is 0.444 e. The smallest absolute Gasteiger partial charge is 0.287 e. The molecule has 0 fully saturated rings. The van der Waals surface area contributed by atoms with E-state index in [0.717, 1.165) is 0 Å². The van der Waals surface area contributed by atoms with Gasteiger partial charge in [0, 0.05) is 18.9 Å². The summed E-state index contributed by atoms with van der Waals surface area (Å²) in [6, 6.07) is 5.14. The van der Waals surface area contributed by atoms with Crippen LogP contribution in [0.25, 0.3) is 0 Å². The van der Waals surface area contributed by atoms with E-state index in [1.54, 1.807) is 23.0 Å². The Hall–Kier alpha value is -1.56. The van der Waals surface area contributed by atoms with Gasteiger partial charge in [0.05, 0.1) is 6.54 Å². The Kier molecular flexibility index (Phi) is 3.40. The van der Waals surface area contributed by atoms with Gasteiger partial charge in [-0.15, -0.1) is 0 Å². The van der Waals surface area contributed by atoms with Gasteiger partial charge in [-0.25, -0.2) is 0 Å². The predicted octanol–water partition coefficient (Wildman–Crippen LogP) is 1.67. The fraction of sp³-hybridized carbons (Fsp3) is 0.200. The van der Waals surface area contributed by atoms with Gasteiger partial charge < -0.3 is 9.73 Å². The summed E-state index contributed by atoms with van der Waals surface area (Å²) < 4.78 is 7.41. The summed E-state index contributed by atoms with van der Waals surface area (Å²) in [5.41, 5.74) is 0. The van der Waals surface area contributed by atoms with E-state index >= 15 is 0 Å². The zero-order chi connectivity index (χ0) is 11.4. The highest BCUT2D eigenvalue weighted by Gasteiger charge is 2.08. The van der Waals surface area contributed by atoms with Gasteiger partial charge in [-0.1, -0.05) is 0 Å². The first-order valence-electron chi connectivity index (χ1n) is 4.76. The number of hydrogen-bond acceptors (Lipinski definition) is 3. The first kappa shape index (κ1) is 10.9. The molecule has 16 heavy (non-hydrogen) atoms. The Labute approximate surface area is 101 Å². The van der Waals surface area contributed by atoms with Crippen molar-refractivity contribution in [3.63, 3.8) is 0 Å². The lowest BCUT2D eigenvalue weighted by atomic mass is 10.4. The van der Waals surface area contributed by atoms with Crippen LogP contribution in [0.4, 0.5) is 0 Å². The van der Waals surface area contributed by atoms with Gasteiger partial charge >= 0.3 is 0 Å². The molecular formula is C10H10BrN3O2. The zero-order valence-corrected chi connectivity index (χ0v) is 9.98. The molecule has 0 saturated heterocycles. The molecule has 0 radical (unpaired) electrons. The third kappa shape index (κ3) is 2.73. The number of halogens is 1. The lowest BCUT2D eigenvalue weighted by Crippen LogP contribution is -2.26. The van der Waals surface area contributed by atoms with Crippen LogP contribution in [0.1, 0.15) is 10.6 Å². The van der Waals surface area contributed by atoms with Crippen LogP contribution in [-0.4, -0.2) is 22.2 Å².